The molecule has 4 heteroatoms. The maximum atomic E-state index is 5.26. The molecule has 0 aliphatic carbocycles. The fraction of sp³-hybridized carbons (Fsp3) is 0.412. The maximum absolute atomic E-state index is 5.26. The van der Waals surface area contributed by atoms with Gasteiger partial charge in [-0.25, -0.2) is 0 Å². The number of ether oxygens (including phenoxy) is 1. The first-order valence-corrected chi connectivity index (χ1v) is 8.12. The lowest BCUT2D eigenvalue weighted by molar-refractivity contribution is 0.323. The molecule has 1 aromatic heterocycles. The summed E-state index contributed by atoms with van der Waals surface area (Å²) in [6.45, 7) is 6.11. The largest absolute Gasteiger partial charge is 0.497 e. The van der Waals surface area contributed by atoms with E-state index in [1.807, 2.05) is 23.5 Å². The number of thiophene rings is 1. The van der Waals surface area contributed by atoms with Crippen molar-refractivity contribution < 1.29 is 4.74 Å². The molecule has 0 amide bonds. The van der Waals surface area contributed by atoms with E-state index in [-0.39, 0.29) is 0 Å². The van der Waals surface area contributed by atoms with Gasteiger partial charge in [0.15, 0.2) is 0 Å². The third kappa shape index (κ3) is 5.16. The smallest absolute Gasteiger partial charge is 0.119 e. The normalized spacial score (nSPS) is 11.0. The van der Waals surface area contributed by atoms with Crippen molar-refractivity contribution in [1.29, 1.82) is 0 Å². The first-order valence-electron chi connectivity index (χ1n) is 7.24. The summed E-state index contributed by atoms with van der Waals surface area (Å²) < 4.78 is 5.26. The van der Waals surface area contributed by atoms with Crippen molar-refractivity contribution in [3.05, 3.63) is 51.7 Å². The predicted molar refractivity (Wildman–Crippen MR) is 90.1 cm³/mol. The zero-order valence-corrected chi connectivity index (χ0v) is 13.9. The van der Waals surface area contributed by atoms with E-state index in [4.69, 9.17) is 4.74 Å². The summed E-state index contributed by atoms with van der Waals surface area (Å²) in [6.07, 6.45) is 0. The molecule has 0 spiro atoms. The van der Waals surface area contributed by atoms with E-state index >= 15 is 0 Å². The third-order valence-corrected chi connectivity index (χ3v) is 4.53. The van der Waals surface area contributed by atoms with Gasteiger partial charge in [0.25, 0.3) is 0 Å². The fourth-order valence-electron chi connectivity index (χ4n) is 2.22. The van der Waals surface area contributed by atoms with Crippen molar-refractivity contribution in [2.24, 2.45) is 0 Å². The Morgan fingerprint density at radius 2 is 2.14 bits per heavy atom. The minimum absolute atomic E-state index is 0.923. The summed E-state index contributed by atoms with van der Waals surface area (Å²) in [5, 5.41) is 5.67. The second kappa shape index (κ2) is 8.17. The van der Waals surface area contributed by atoms with Crippen molar-refractivity contribution in [1.82, 2.24) is 10.2 Å². The molecule has 0 bridgehead atoms. The van der Waals surface area contributed by atoms with Gasteiger partial charge < -0.3 is 15.0 Å². The molecule has 1 heterocycles. The van der Waals surface area contributed by atoms with Crippen LogP contribution in [-0.4, -0.2) is 32.1 Å². The molecule has 2 aromatic rings. The van der Waals surface area contributed by atoms with Crippen LogP contribution in [0.15, 0.2) is 35.7 Å². The van der Waals surface area contributed by atoms with Crippen molar-refractivity contribution in [2.45, 2.75) is 20.0 Å². The van der Waals surface area contributed by atoms with Crippen LogP contribution in [0.3, 0.4) is 0 Å². The highest BCUT2D eigenvalue weighted by atomic mass is 32.1. The zero-order valence-electron chi connectivity index (χ0n) is 13.1. The van der Waals surface area contributed by atoms with Crippen LogP contribution >= 0.6 is 11.3 Å². The van der Waals surface area contributed by atoms with E-state index in [1.165, 1.54) is 16.0 Å². The first kappa shape index (κ1) is 16.0. The average Bonchev–Trinajstić information content (AvgIpc) is 2.89. The Hall–Kier alpha value is -1.36. The number of hydrogen-bond acceptors (Lipinski definition) is 4. The molecule has 1 aromatic carbocycles. The van der Waals surface area contributed by atoms with E-state index < -0.39 is 0 Å². The minimum Gasteiger partial charge on any atom is -0.497 e. The molecule has 21 heavy (non-hydrogen) atoms. The number of aryl methyl sites for hydroxylation is 1. The molecule has 0 fully saturated rings. The molecule has 0 unspecified atom stereocenters. The highest BCUT2D eigenvalue weighted by Crippen LogP contribution is 2.15. The molecule has 2 rings (SSSR count). The van der Waals surface area contributed by atoms with Crippen molar-refractivity contribution in [3.63, 3.8) is 0 Å². The lowest BCUT2D eigenvalue weighted by Gasteiger charge is -2.17. The minimum atomic E-state index is 0.923. The van der Waals surface area contributed by atoms with Crippen molar-refractivity contribution in [3.8, 4) is 5.75 Å². The number of rotatable bonds is 8. The Bertz CT molecular complexity index is 553. The van der Waals surface area contributed by atoms with Gasteiger partial charge in [0.05, 0.1) is 7.11 Å². The van der Waals surface area contributed by atoms with Crippen LogP contribution in [0.4, 0.5) is 0 Å². The summed E-state index contributed by atoms with van der Waals surface area (Å²) in [7, 11) is 3.86. The van der Waals surface area contributed by atoms with Crippen molar-refractivity contribution in [2.75, 3.05) is 27.2 Å². The number of nitrogens with one attached hydrogen (secondary N) is 1. The zero-order chi connectivity index (χ0) is 15.1. The molecular weight excluding hydrogens is 280 g/mol. The van der Waals surface area contributed by atoms with Gasteiger partial charge in [-0.15, -0.1) is 11.3 Å². The molecule has 3 nitrogen and oxygen atoms in total. The van der Waals surface area contributed by atoms with Crippen LogP contribution in [0, 0.1) is 6.92 Å². The molecule has 1 N–H and O–H groups in total. The number of methoxy groups -OCH3 is 1. The highest BCUT2D eigenvalue weighted by Gasteiger charge is 2.03. The summed E-state index contributed by atoms with van der Waals surface area (Å²) >= 11 is 1.83. The molecule has 0 atom stereocenters. The monoisotopic (exact) mass is 304 g/mol. The summed E-state index contributed by atoms with van der Waals surface area (Å²) in [4.78, 5) is 3.76. The Kier molecular flexibility index (Phi) is 6.23. The second-order valence-electron chi connectivity index (χ2n) is 5.29. The quantitative estimate of drug-likeness (QED) is 0.757. The number of nitrogens with zero attached hydrogens (tertiary/aromatic N) is 1. The van der Waals surface area contributed by atoms with E-state index in [0.717, 1.165) is 31.9 Å². The topological polar surface area (TPSA) is 24.5 Å². The van der Waals surface area contributed by atoms with E-state index in [1.54, 1.807) is 7.11 Å². The lowest BCUT2D eigenvalue weighted by Crippen LogP contribution is -2.28. The SMILES string of the molecule is COc1cccc(CN(C)CCNCc2sccc2C)c1. The number of benzene rings is 1. The number of hydrogen-bond donors (Lipinski definition) is 1. The van der Waals surface area contributed by atoms with Gasteiger partial charge in [0.2, 0.25) is 0 Å². The second-order valence-corrected chi connectivity index (χ2v) is 6.29. The van der Waals surface area contributed by atoms with Crippen LogP contribution in [-0.2, 0) is 13.1 Å². The standard InChI is InChI=1S/C17H24N2OS/c1-14-7-10-21-17(14)12-18-8-9-19(2)13-15-5-4-6-16(11-15)20-3/h4-7,10-11,18H,8-9,12-13H2,1-3H3. The highest BCUT2D eigenvalue weighted by molar-refractivity contribution is 7.10. The van der Waals surface area contributed by atoms with E-state index in [2.05, 4.69) is 47.8 Å². The van der Waals surface area contributed by atoms with Gasteiger partial charge in [-0.3, -0.25) is 0 Å². The van der Waals surface area contributed by atoms with E-state index in [0.29, 0.717) is 0 Å². The fourth-order valence-corrected chi connectivity index (χ4v) is 3.09. The van der Waals surface area contributed by atoms with Crippen LogP contribution in [0.5, 0.6) is 5.75 Å². The average molecular weight is 304 g/mol. The molecule has 114 valence electrons. The summed E-state index contributed by atoms with van der Waals surface area (Å²) in [6, 6.07) is 10.4. The predicted octanol–water partition coefficient (Wildman–Crippen LogP) is 3.29. The van der Waals surface area contributed by atoms with Gasteiger partial charge in [-0.2, -0.15) is 0 Å². The molecule has 0 saturated carbocycles. The Balaban J connectivity index is 1.69. The first-order chi connectivity index (χ1) is 10.2. The van der Waals surface area contributed by atoms with Crippen LogP contribution < -0.4 is 10.1 Å². The van der Waals surface area contributed by atoms with Crippen LogP contribution in [0.25, 0.3) is 0 Å². The molecule has 0 radical (unpaired) electrons. The summed E-state index contributed by atoms with van der Waals surface area (Å²) in [5.74, 6) is 0.923. The van der Waals surface area contributed by atoms with Gasteiger partial charge in [-0.1, -0.05) is 12.1 Å². The van der Waals surface area contributed by atoms with Crippen LogP contribution in [0.2, 0.25) is 0 Å². The van der Waals surface area contributed by atoms with Crippen LogP contribution in [0.1, 0.15) is 16.0 Å². The summed E-state index contributed by atoms with van der Waals surface area (Å²) in [5.41, 5.74) is 2.67. The molecule has 0 aliphatic rings. The van der Waals surface area contributed by atoms with Gasteiger partial charge in [-0.05, 0) is 48.7 Å². The Labute approximate surface area is 131 Å². The van der Waals surface area contributed by atoms with Gasteiger partial charge >= 0.3 is 0 Å². The molecular formula is C17H24N2OS. The Morgan fingerprint density at radius 1 is 1.29 bits per heavy atom. The van der Waals surface area contributed by atoms with E-state index in [9.17, 15) is 0 Å². The Morgan fingerprint density at radius 3 is 2.86 bits per heavy atom. The van der Waals surface area contributed by atoms with Gasteiger partial charge in [0, 0.05) is 31.1 Å². The number of likely N-dealkylation sites (N-methyl/N-ethyl adjacent to an activating group) is 1. The molecule has 0 saturated heterocycles. The maximum Gasteiger partial charge on any atom is 0.119 e. The van der Waals surface area contributed by atoms with Crippen molar-refractivity contribution >= 4 is 11.3 Å². The lowest BCUT2D eigenvalue weighted by atomic mass is 10.2. The van der Waals surface area contributed by atoms with Gasteiger partial charge in [0.1, 0.15) is 5.75 Å². The third-order valence-electron chi connectivity index (χ3n) is 3.51. The molecule has 0 aliphatic heterocycles.